The van der Waals surface area contributed by atoms with E-state index in [0.29, 0.717) is 0 Å². The minimum Gasteiger partial charge on any atom is -0.382 e. The van der Waals surface area contributed by atoms with Crippen molar-refractivity contribution in [1.82, 2.24) is 15.1 Å². The molecule has 0 aliphatic carbocycles. The first-order valence-corrected chi connectivity index (χ1v) is 7.64. The van der Waals surface area contributed by atoms with Crippen LogP contribution >= 0.6 is 11.6 Å². The van der Waals surface area contributed by atoms with E-state index in [2.05, 4.69) is 24.3 Å². The molecule has 1 aromatic rings. The number of rotatable bonds is 10. The predicted octanol–water partition coefficient (Wildman–Crippen LogP) is 3.41. The van der Waals surface area contributed by atoms with Crippen LogP contribution in [0.4, 0.5) is 0 Å². The van der Waals surface area contributed by atoms with Gasteiger partial charge in [0.25, 0.3) is 0 Å². The number of halogens is 1. The van der Waals surface area contributed by atoms with Gasteiger partial charge in [0.2, 0.25) is 0 Å². The standard InChI is InChI=1S/C14H26ClN3O/c1-4-9-16-13(8-7-10-19-6-3)14-12(15)11-17-18(14)5-2/h11,13,16H,4-10H2,1-3H3. The molecule has 0 amide bonds. The average Bonchev–Trinajstić information content (AvgIpc) is 2.79. The van der Waals surface area contributed by atoms with Gasteiger partial charge >= 0.3 is 0 Å². The molecule has 0 saturated carbocycles. The molecule has 0 radical (unpaired) electrons. The zero-order chi connectivity index (χ0) is 14.1. The van der Waals surface area contributed by atoms with Crippen molar-refractivity contribution in [3.8, 4) is 0 Å². The van der Waals surface area contributed by atoms with Crippen molar-refractivity contribution in [2.45, 2.75) is 52.6 Å². The quantitative estimate of drug-likeness (QED) is 0.670. The molecule has 1 rings (SSSR count). The monoisotopic (exact) mass is 287 g/mol. The Labute approximate surface area is 121 Å². The molecule has 4 nitrogen and oxygen atoms in total. The van der Waals surface area contributed by atoms with E-state index in [1.165, 1.54) is 0 Å². The van der Waals surface area contributed by atoms with Crippen LogP contribution in [-0.2, 0) is 11.3 Å². The van der Waals surface area contributed by atoms with Gasteiger partial charge in [0, 0.05) is 19.8 Å². The maximum absolute atomic E-state index is 6.28. The topological polar surface area (TPSA) is 39.1 Å². The first kappa shape index (κ1) is 16.5. The van der Waals surface area contributed by atoms with Crippen LogP contribution in [0.3, 0.4) is 0 Å². The molecule has 0 aliphatic rings. The first-order valence-electron chi connectivity index (χ1n) is 7.26. The van der Waals surface area contributed by atoms with E-state index in [9.17, 15) is 0 Å². The summed E-state index contributed by atoms with van der Waals surface area (Å²) in [6.07, 6.45) is 4.90. The number of ether oxygens (including phenoxy) is 1. The van der Waals surface area contributed by atoms with Gasteiger partial charge in [-0.15, -0.1) is 0 Å². The minimum absolute atomic E-state index is 0.260. The Balaban J connectivity index is 2.68. The lowest BCUT2D eigenvalue weighted by molar-refractivity contribution is 0.140. The van der Waals surface area contributed by atoms with Gasteiger partial charge < -0.3 is 10.1 Å². The van der Waals surface area contributed by atoms with Crippen LogP contribution in [0.5, 0.6) is 0 Å². The van der Waals surface area contributed by atoms with Crippen molar-refractivity contribution >= 4 is 11.6 Å². The maximum Gasteiger partial charge on any atom is 0.0834 e. The molecule has 0 bridgehead atoms. The number of nitrogens with one attached hydrogen (secondary N) is 1. The van der Waals surface area contributed by atoms with Gasteiger partial charge in [0.1, 0.15) is 0 Å². The Morgan fingerprint density at radius 3 is 2.84 bits per heavy atom. The summed E-state index contributed by atoms with van der Waals surface area (Å²) in [5.41, 5.74) is 1.11. The molecule has 1 atom stereocenters. The summed E-state index contributed by atoms with van der Waals surface area (Å²) in [5.74, 6) is 0. The summed E-state index contributed by atoms with van der Waals surface area (Å²) in [5, 5.41) is 8.64. The van der Waals surface area contributed by atoms with Crippen molar-refractivity contribution in [2.24, 2.45) is 0 Å². The van der Waals surface area contributed by atoms with E-state index in [1.54, 1.807) is 6.20 Å². The second-order valence-corrected chi connectivity index (χ2v) is 4.95. The molecule has 1 unspecified atom stereocenters. The molecule has 5 heteroatoms. The molecular weight excluding hydrogens is 262 g/mol. The Morgan fingerprint density at radius 1 is 1.42 bits per heavy atom. The molecule has 1 aromatic heterocycles. The smallest absolute Gasteiger partial charge is 0.0834 e. The van der Waals surface area contributed by atoms with E-state index >= 15 is 0 Å². The highest BCUT2D eigenvalue weighted by atomic mass is 35.5. The zero-order valence-electron chi connectivity index (χ0n) is 12.3. The van der Waals surface area contributed by atoms with Gasteiger partial charge in [0.15, 0.2) is 0 Å². The van der Waals surface area contributed by atoms with Gasteiger partial charge in [-0.2, -0.15) is 5.10 Å². The Bertz CT molecular complexity index is 354. The highest BCUT2D eigenvalue weighted by Crippen LogP contribution is 2.26. The number of aryl methyl sites for hydroxylation is 1. The maximum atomic E-state index is 6.28. The zero-order valence-corrected chi connectivity index (χ0v) is 13.0. The van der Waals surface area contributed by atoms with Crippen LogP contribution in [0.25, 0.3) is 0 Å². The van der Waals surface area contributed by atoms with E-state index < -0.39 is 0 Å². The summed E-state index contributed by atoms with van der Waals surface area (Å²) < 4.78 is 7.39. The third kappa shape index (κ3) is 5.13. The van der Waals surface area contributed by atoms with Crippen molar-refractivity contribution in [2.75, 3.05) is 19.8 Å². The molecule has 0 aromatic carbocycles. The number of aromatic nitrogens is 2. The van der Waals surface area contributed by atoms with E-state index in [-0.39, 0.29) is 6.04 Å². The average molecular weight is 288 g/mol. The van der Waals surface area contributed by atoms with Gasteiger partial charge in [-0.3, -0.25) is 4.68 Å². The minimum atomic E-state index is 0.260. The fraction of sp³-hybridized carbons (Fsp3) is 0.786. The van der Waals surface area contributed by atoms with E-state index in [1.807, 2.05) is 11.6 Å². The van der Waals surface area contributed by atoms with Crippen LogP contribution < -0.4 is 5.32 Å². The van der Waals surface area contributed by atoms with Gasteiger partial charge in [-0.05, 0) is 39.7 Å². The van der Waals surface area contributed by atoms with Crippen molar-refractivity contribution in [1.29, 1.82) is 0 Å². The second-order valence-electron chi connectivity index (χ2n) is 4.54. The van der Waals surface area contributed by atoms with Crippen LogP contribution in [0, 0.1) is 0 Å². The third-order valence-corrected chi connectivity index (χ3v) is 3.38. The highest BCUT2D eigenvalue weighted by molar-refractivity contribution is 6.31. The lowest BCUT2D eigenvalue weighted by Crippen LogP contribution is -2.25. The molecule has 0 aliphatic heterocycles. The number of hydrogen-bond acceptors (Lipinski definition) is 3. The van der Waals surface area contributed by atoms with E-state index in [0.717, 1.165) is 56.3 Å². The molecule has 0 spiro atoms. The molecule has 0 fully saturated rings. The summed E-state index contributed by atoms with van der Waals surface area (Å²) in [7, 11) is 0. The summed E-state index contributed by atoms with van der Waals surface area (Å²) in [6, 6.07) is 0.260. The largest absolute Gasteiger partial charge is 0.382 e. The molecule has 110 valence electrons. The Kier molecular flexibility index (Phi) is 8.10. The normalized spacial score (nSPS) is 12.8. The third-order valence-electron chi connectivity index (χ3n) is 3.09. The van der Waals surface area contributed by atoms with E-state index in [4.69, 9.17) is 16.3 Å². The summed E-state index contributed by atoms with van der Waals surface area (Å²) in [6.45, 7) is 9.70. The number of nitrogens with zero attached hydrogens (tertiary/aromatic N) is 2. The summed E-state index contributed by atoms with van der Waals surface area (Å²) in [4.78, 5) is 0. The number of hydrogen-bond donors (Lipinski definition) is 1. The Hall–Kier alpha value is -0.580. The predicted molar refractivity (Wildman–Crippen MR) is 79.7 cm³/mol. The van der Waals surface area contributed by atoms with Gasteiger partial charge in [0.05, 0.1) is 23.0 Å². The fourth-order valence-corrected chi connectivity index (χ4v) is 2.43. The van der Waals surface area contributed by atoms with Crippen molar-refractivity contribution in [3.05, 3.63) is 16.9 Å². The SMILES string of the molecule is CCCNC(CCCOCC)c1c(Cl)cnn1CC. The van der Waals surface area contributed by atoms with Crippen molar-refractivity contribution in [3.63, 3.8) is 0 Å². The molecule has 1 heterocycles. The lowest BCUT2D eigenvalue weighted by atomic mass is 10.1. The van der Waals surface area contributed by atoms with Crippen LogP contribution in [0.15, 0.2) is 6.20 Å². The Morgan fingerprint density at radius 2 is 2.21 bits per heavy atom. The first-order chi connectivity index (χ1) is 9.24. The molecule has 19 heavy (non-hydrogen) atoms. The van der Waals surface area contributed by atoms with Crippen LogP contribution in [-0.4, -0.2) is 29.5 Å². The lowest BCUT2D eigenvalue weighted by Gasteiger charge is -2.20. The molecule has 1 N–H and O–H groups in total. The molecule has 0 saturated heterocycles. The van der Waals surface area contributed by atoms with Crippen molar-refractivity contribution < 1.29 is 4.74 Å². The van der Waals surface area contributed by atoms with Gasteiger partial charge in [-0.25, -0.2) is 0 Å². The summed E-state index contributed by atoms with van der Waals surface area (Å²) >= 11 is 6.28. The van der Waals surface area contributed by atoms with Crippen LogP contribution in [0.1, 0.15) is 51.8 Å². The second kappa shape index (κ2) is 9.34. The van der Waals surface area contributed by atoms with Crippen LogP contribution in [0.2, 0.25) is 5.02 Å². The highest BCUT2D eigenvalue weighted by Gasteiger charge is 2.18. The van der Waals surface area contributed by atoms with Gasteiger partial charge in [-0.1, -0.05) is 18.5 Å². The fourth-order valence-electron chi connectivity index (χ4n) is 2.16. The molecular formula is C14H26ClN3O.